The lowest BCUT2D eigenvalue weighted by Crippen LogP contribution is -2.06. The van der Waals surface area contributed by atoms with Gasteiger partial charge in [0.2, 0.25) is 0 Å². The molecule has 0 aliphatic rings. The molecule has 2 aromatic rings. The summed E-state index contributed by atoms with van der Waals surface area (Å²) in [4.78, 5) is 0. The van der Waals surface area contributed by atoms with Crippen LogP contribution in [0.2, 0.25) is 0 Å². The molecule has 1 N–H and O–H groups in total. The minimum atomic E-state index is -2.83. The maximum Gasteiger partial charge on any atom is 0.387 e. The van der Waals surface area contributed by atoms with Gasteiger partial charge in [-0.15, -0.1) is 0 Å². The average Bonchev–Trinajstić information content (AvgIpc) is 2.48. The van der Waals surface area contributed by atoms with Crippen LogP contribution in [0.3, 0.4) is 0 Å². The van der Waals surface area contributed by atoms with E-state index in [0.29, 0.717) is 18.8 Å². The van der Waals surface area contributed by atoms with Gasteiger partial charge in [-0.3, -0.25) is 0 Å². The molecule has 112 valence electrons. The van der Waals surface area contributed by atoms with Gasteiger partial charge in [0.05, 0.1) is 12.3 Å². The summed E-state index contributed by atoms with van der Waals surface area (Å²) in [5.74, 6) is 0.142. The molecule has 0 spiro atoms. The fourth-order valence-corrected chi connectivity index (χ4v) is 1.93. The third-order valence-electron chi connectivity index (χ3n) is 2.92. The Morgan fingerprint density at radius 3 is 2.33 bits per heavy atom. The van der Waals surface area contributed by atoms with Crippen LogP contribution in [0.15, 0.2) is 48.5 Å². The van der Waals surface area contributed by atoms with E-state index >= 15 is 0 Å². The first kappa shape index (κ1) is 15.3. The number of benzene rings is 2. The number of methoxy groups -OCH3 is 1. The second-order valence-electron chi connectivity index (χ2n) is 4.48. The second-order valence-corrected chi connectivity index (χ2v) is 4.48. The van der Waals surface area contributed by atoms with Crippen LogP contribution in [0.25, 0.3) is 0 Å². The Morgan fingerprint density at radius 1 is 1.00 bits per heavy atom. The quantitative estimate of drug-likeness (QED) is 0.835. The van der Waals surface area contributed by atoms with Crippen molar-refractivity contribution in [2.75, 3.05) is 12.4 Å². The molecule has 2 aromatic carbocycles. The van der Waals surface area contributed by atoms with Gasteiger partial charge in [-0.25, -0.2) is 0 Å². The average molecular weight is 293 g/mol. The summed E-state index contributed by atoms with van der Waals surface area (Å²) in [6.45, 7) is -1.74. The van der Waals surface area contributed by atoms with Crippen LogP contribution in [0, 0.1) is 0 Å². The maximum atomic E-state index is 12.3. The van der Waals surface area contributed by atoms with Crippen LogP contribution in [0.4, 0.5) is 14.5 Å². The Balaban J connectivity index is 1.99. The van der Waals surface area contributed by atoms with Gasteiger partial charge < -0.3 is 14.8 Å². The number of rotatable bonds is 7. The molecule has 0 aromatic heterocycles. The van der Waals surface area contributed by atoms with Gasteiger partial charge in [-0.2, -0.15) is 8.78 Å². The lowest BCUT2D eigenvalue weighted by Gasteiger charge is -2.12. The van der Waals surface area contributed by atoms with E-state index in [2.05, 4.69) is 10.1 Å². The SMILES string of the molecule is COCc1ccc(CNc2ccccc2OC(F)F)cc1. The van der Waals surface area contributed by atoms with E-state index in [9.17, 15) is 8.78 Å². The van der Waals surface area contributed by atoms with Crippen molar-refractivity contribution in [1.82, 2.24) is 0 Å². The highest BCUT2D eigenvalue weighted by molar-refractivity contribution is 5.56. The zero-order chi connectivity index (χ0) is 15.1. The van der Waals surface area contributed by atoms with Crippen LogP contribution >= 0.6 is 0 Å². The van der Waals surface area contributed by atoms with E-state index in [4.69, 9.17) is 4.74 Å². The van der Waals surface area contributed by atoms with Crippen LogP contribution in [0.1, 0.15) is 11.1 Å². The van der Waals surface area contributed by atoms with Gasteiger partial charge in [0.1, 0.15) is 5.75 Å². The number of anilines is 1. The normalized spacial score (nSPS) is 10.7. The second kappa shape index (κ2) is 7.59. The first-order chi connectivity index (χ1) is 10.2. The van der Waals surface area contributed by atoms with Gasteiger partial charge in [0.15, 0.2) is 0 Å². The van der Waals surface area contributed by atoms with E-state index in [1.807, 2.05) is 24.3 Å². The number of para-hydroxylation sites is 2. The molecular weight excluding hydrogens is 276 g/mol. The molecule has 0 unspecified atom stereocenters. The fraction of sp³-hybridized carbons (Fsp3) is 0.250. The van der Waals surface area contributed by atoms with E-state index in [-0.39, 0.29) is 5.75 Å². The molecule has 0 aliphatic heterocycles. The Hall–Kier alpha value is -2.14. The summed E-state index contributed by atoms with van der Waals surface area (Å²) < 4.78 is 34.2. The molecule has 0 heterocycles. The van der Waals surface area contributed by atoms with Crippen molar-refractivity contribution in [3.05, 3.63) is 59.7 Å². The zero-order valence-electron chi connectivity index (χ0n) is 11.7. The summed E-state index contributed by atoms with van der Waals surface area (Å²) in [5, 5.41) is 3.10. The lowest BCUT2D eigenvalue weighted by molar-refractivity contribution is -0.0493. The first-order valence-electron chi connectivity index (χ1n) is 6.53. The summed E-state index contributed by atoms with van der Waals surface area (Å²) in [6.07, 6.45) is 0. The molecule has 5 heteroatoms. The van der Waals surface area contributed by atoms with Crippen molar-refractivity contribution >= 4 is 5.69 Å². The molecule has 3 nitrogen and oxygen atoms in total. The van der Waals surface area contributed by atoms with E-state index < -0.39 is 6.61 Å². The van der Waals surface area contributed by atoms with Crippen molar-refractivity contribution in [1.29, 1.82) is 0 Å². The molecule has 0 radical (unpaired) electrons. The summed E-state index contributed by atoms with van der Waals surface area (Å²) >= 11 is 0. The van der Waals surface area contributed by atoms with Crippen molar-refractivity contribution in [2.24, 2.45) is 0 Å². The number of ether oxygens (including phenoxy) is 2. The van der Waals surface area contributed by atoms with Gasteiger partial charge >= 0.3 is 6.61 Å². The molecule has 0 saturated heterocycles. The standard InChI is InChI=1S/C16H17F2NO2/c1-20-11-13-8-6-12(7-9-13)10-19-14-4-2-3-5-15(14)21-16(17)18/h2-9,16,19H,10-11H2,1H3. The number of hydrogen-bond donors (Lipinski definition) is 1. The summed E-state index contributed by atoms with van der Waals surface area (Å²) in [7, 11) is 1.65. The largest absolute Gasteiger partial charge is 0.433 e. The number of halogens is 2. The molecule has 21 heavy (non-hydrogen) atoms. The molecule has 0 bridgehead atoms. The number of nitrogens with one attached hydrogen (secondary N) is 1. The zero-order valence-corrected chi connectivity index (χ0v) is 11.7. The maximum absolute atomic E-state index is 12.3. The van der Waals surface area contributed by atoms with E-state index in [0.717, 1.165) is 11.1 Å². The third-order valence-corrected chi connectivity index (χ3v) is 2.92. The minimum absolute atomic E-state index is 0.142. The summed E-state index contributed by atoms with van der Waals surface area (Å²) in [5.41, 5.74) is 2.67. The van der Waals surface area contributed by atoms with Gasteiger partial charge in [0.25, 0.3) is 0 Å². The van der Waals surface area contributed by atoms with Gasteiger partial charge in [-0.05, 0) is 23.3 Å². The smallest absolute Gasteiger partial charge is 0.387 e. The molecule has 0 aliphatic carbocycles. The fourth-order valence-electron chi connectivity index (χ4n) is 1.93. The molecule has 0 fully saturated rings. The molecule has 0 saturated carbocycles. The van der Waals surface area contributed by atoms with Crippen molar-refractivity contribution in [3.8, 4) is 5.75 Å². The monoisotopic (exact) mass is 293 g/mol. The number of alkyl halides is 2. The van der Waals surface area contributed by atoms with Crippen molar-refractivity contribution in [2.45, 2.75) is 19.8 Å². The van der Waals surface area contributed by atoms with Crippen LogP contribution in [0.5, 0.6) is 5.75 Å². The Labute approximate surface area is 122 Å². The van der Waals surface area contributed by atoms with Gasteiger partial charge in [0, 0.05) is 13.7 Å². The van der Waals surface area contributed by atoms with E-state index in [1.165, 1.54) is 6.07 Å². The number of hydrogen-bond acceptors (Lipinski definition) is 3. The minimum Gasteiger partial charge on any atom is -0.433 e. The van der Waals surface area contributed by atoms with Crippen LogP contribution < -0.4 is 10.1 Å². The lowest BCUT2D eigenvalue weighted by atomic mass is 10.1. The predicted molar refractivity (Wildman–Crippen MR) is 77.6 cm³/mol. The Morgan fingerprint density at radius 2 is 1.67 bits per heavy atom. The molecule has 0 atom stereocenters. The Bertz CT molecular complexity index is 558. The molecule has 0 amide bonds. The van der Waals surface area contributed by atoms with Crippen LogP contribution in [-0.2, 0) is 17.9 Å². The third kappa shape index (κ3) is 4.72. The molecular formula is C16H17F2NO2. The first-order valence-corrected chi connectivity index (χ1v) is 6.53. The summed E-state index contributed by atoms with van der Waals surface area (Å²) in [6, 6.07) is 14.5. The van der Waals surface area contributed by atoms with E-state index in [1.54, 1.807) is 25.3 Å². The predicted octanol–water partition coefficient (Wildman–Crippen LogP) is 4.05. The molecule has 2 rings (SSSR count). The van der Waals surface area contributed by atoms with Crippen molar-refractivity contribution in [3.63, 3.8) is 0 Å². The highest BCUT2D eigenvalue weighted by Gasteiger charge is 2.08. The Kier molecular flexibility index (Phi) is 5.51. The van der Waals surface area contributed by atoms with Crippen LogP contribution in [-0.4, -0.2) is 13.7 Å². The topological polar surface area (TPSA) is 30.5 Å². The van der Waals surface area contributed by atoms with Crippen molar-refractivity contribution < 1.29 is 18.3 Å². The highest BCUT2D eigenvalue weighted by Crippen LogP contribution is 2.26. The highest BCUT2D eigenvalue weighted by atomic mass is 19.3. The van der Waals surface area contributed by atoms with Gasteiger partial charge in [-0.1, -0.05) is 36.4 Å².